The fourth-order valence-corrected chi connectivity index (χ4v) is 4.40. The Morgan fingerprint density at radius 1 is 1.11 bits per heavy atom. The lowest BCUT2D eigenvalue weighted by atomic mass is 10.0. The third-order valence-corrected chi connectivity index (χ3v) is 5.93. The van der Waals surface area contributed by atoms with E-state index in [0.29, 0.717) is 24.7 Å². The highest BCUT2D eigenvalue weighted by atomic mass is 16.5. The molecule has 150 valence electrons. The van der Waals surface area contributed by atoms with Crippen molar-refractivity contribution in [1.82, 2.24) is 15.0 Å². The lowest BCUT2D eigenvalue weighted by molar-refractivity contribution is -0.132. The van der Waals surface area contributed by atoms with Gasteiger partial charge in [-0.3, -0.25) is 4.79 Å². The second kappa shape index (κ2) is 9.32. The molecule has 1 aromatic heterocycles. The molecule has 2 aliphatic rings. The highest BCUT2D eigenvalue weighted by Crippen LogP contribution is 2.33. The molecule has 1 unspecified atom stereocenters. The summed E-state index contributed by atoms with van der Waals surface area (Å²) in [4.78, 5) is 19.2. The Morgan fingerprint density at radius 3 is 2.75 bits per heavy atom. The Hall–Kier alpha value is -2.21. The normalized spacial score (nSPS) is 20.1. The number of amides is 1. The second-order valence-corrected chi connectivity index (χ2v) is 7.96. The molecule has 6 nitrogen and oxygen atoms in total. The van der Waals surface area contributed by atoms with Gasteiger partial charge in [0.25, 0.3) is 5.89 Å². The van der Waals surface area contributed by atoms with E-state index < -0.39 is 0 Å². The van der Waals surface area contributed by atoms with Gasteiger partial charge in [0.05, 0.1) is 12.6 Å². The average molecular weight is 383 g/mol. The summed E-state index contributed by atoms with van der Waals surface area (Å²) in [6, 6.07) is 9.95. The van der Waals surface area contributed by atoms with E-state index in [1.54, 1.807) is 0 Å². The number of benzene rings is 1. The summed E-state index contributed by atoms with van der Waals surface area (Å²) in [5.74, 6) is 2.06. The van der Waals surface area contributed by atoms with Gasteiger partial charge < -0.3 is 14.2 Å². The van der Waals surface area contributed by atoms with Crippen molar-refractivity contribution in [3.63, 3.8) is 0 Å². The molecule has 0 radical (unpaired) electrons. The zero-order chi connectivity index (χ0) is 19.2. The van der Waals surface area contributed by atoms with Crippen molar-refractivity contribution in [3.8, 4) is 0 Å². The minimum atomic E-state index is -0.0531. The molecule has 1 saturated heterocycles. The maximum atomic E-state index is 12.7. The first kappa shape index (κ1) is 19.1. The van der Waals surface area contributed by atoms with Crippen LogP contribution in [0.5, 0.6) is 0 Å². The predicted molar refractivity (Wildman–Crippen MR) is 104 cm³/mol. The summed E-state index contributed by atoms with van der Waals surface area (Å²) >= 11 is 0. The summed E-state index contributed by atoms with van der Waals surface area (Å²) < 4.78 is 11.0. The number of nitrogens with zero attached hydrogens (tertiary/aromatic N) is 3. The van der Waals surface area contributed by atoms with Gasteiger partial charge in [0.2, 0.25) is 5.91 Å². The van der Waals surface area contributed by atoms with E-state index in [1.165, 1.54) is 25.7 Å². The first-order chi connectivity index (χ1) is 13.8. The molecule has 2 heterocycles. The molecule has 1 aliphatic heterocycles. The minimum Gasteiger partial charge on any atom is -0.367 e. The number of carbonyl (C=O) groups is 1. The van der Waals surface area contributed by atoms with Crippen LogP contribution in [0.3, 0.4) is 0 Å². The SMILES string of the molecule is O=C(CCC1CCCC1)N1CCCC1c1noc(COCc2ccccc2)n1. The Kier molecular flexibility index (Phi) is 6.37. The summed E-state index contributed by atoms with van der Waals surface area (Å²) in [7, 11) is 0. The van der Waals surface area contributed by atoms with Crippen LogP contribution in [0.25, 0.3) is 0 Å². The number of carbonyl (C=O) groups excluding carboxylic acids is 1. The van der Waals surface area contributed by atoms with E-state index in [9.17, 15) is 4.79 Å². The van der Waals surface area contributed by atoms with Crippen LogP contribution in [-0.4, -0.2) is 27.5 Å². The number of hydrogen-bond acceptors (Lipinski definition) is 5. The van der Waals surface area contributed by atoms with Crippen molar-refractivity contribution >= 4 is 5.91 Å². The van der Waals surface area contributed by atoms with Crippen LogP contribution in [0.4, 0.5) is 0 Å². The van der Waals surface area contributed by atoms with Crippen LogP contribution in [0.1, 0.15) is 74.7 Å². The van der Waals surface area contributed by atoms with Crippen LogP contribution in [0.2, 0.25) is 0 Å². The lowest BCUT2D eigenvalue weighted by Crippen LogP contribution is -2.31. The fraction of sp³-hybridized carbons (Fsp3) is 0.591. The van der Waals surface area contributed by atoms with Crippen LogP contribution in [-0.2, 0) is 22.7 Å². The molecule has 2 fully saturated rings. The Bertz CT molecular complexity index is 755. The van der Waals surface area contributed by atoms with Crippen LogP contribution < -0.4 is 0 Å². The summed E-state index contributed by atoms with van der Waals surface area (Å²) in [5.41, 5.74) is 1.11. The van der Waals surface area contributed by atoms with Gasteiger partial charge >= 0.3 is 0 Å². The Balaban J connectivity index is 1.28. The van der Waals surface area contributed by atoms with Gasteiger partial charge in [-0.2, -0.15) is 4.98 Å². The average Bonchev–Trinajstić information content (AvgIpc) is 3.47. The molecular formula is C22H29N3O3. The first-order valence-electron chi connectivity index (χ1n) is 10.5. The fourth-order valence-electron chi connectivity index (χ4n) is 4.40. The maximum Gasteiger partial charge on any atom is 0.252 e. The largest absolute Gasteiger partial charge is 0.367 e. The molecule has 0 N–H and O–H groups in total. The van der Waals surface area contributed by atoms with E-state index in [1.807, 2.05) is 35.2 Å². The van der Waals surface area contributed by atoms with Crippen molar-refractivity contribution < 1.29 is 14.1 Å². The molecule has 1 amide bonds. The number of likely N-dealkylation sites (tertiary alicyclic amines) is 1. The quantitative estimate of drug-likeness (QED) is 0.675. The van der Waals surface area contributed by atoms with Gasteiger partial charge in [-0.25, -0.2) is 0 Å². The zero-order valence-electron chi connectivity index (χ0n) is 16.4. The molecule has 4 rings (SSSR count). The van der Waals surface area contributed by atoms with Gasteiger partial charge in [-0.1, -0.05) is 61.2 Å². The number of rotatable bonds is 8. The van der Waals surface area contributed by atoms with Gasteiger partial charge in [0.15, 0.2) is 5.82 Å². The van der Waals surface area contributed by atoms with E-state index in [2.05, 4.69) is 10.1 Å². The highest BCUT2D eigenvalue weighted by Gasteiger charge is 2.33. The van der Waals surface area contributed by atoms with E-state index in [4.69, 9.17) is 9.26 Å². The van der Waals surface area contributed by atoms with Gasteiger partial charge in [-0.15, -0.1) is 0 Å². The maximum absolute atomic E-state index is 12.7. The molecule has 1 atom stereocenters. The predicted octanol–water partition coefficient (Wildman–Crippen LogP) is 4.42. The third kappa shape index (κ3) is 4.79. The van der Waals surface area contributed by atoms with Gasteiger partial charge in [0.1, 0.15) is 6.61 Å². The summed E-state index contributed by atoms with van der Waals surface area (Å²) in [5, 5.41) is 4.13. The number of ether oxygens (including phenoxy) is 1. The van der Waals surface area contributed by atoms with Crippen molar-refractivity contribution in [3.05, 3.63) is 47.6 Å². The Labute approximate surface area is 166 Å². The van der Waals surface area contributed by atoms with Crippen LogP contribution in [0, 0.1) is 5.92 Å². The van der Waals surface area contributed by atoms with Crippen molar-refractivity contribution in [1.29, 1.82) is 0 Å². The molecule has 1 saturated carbocycles. The van der Waals surface area contributed by atoms with Crippen molar-refractivity contribution in [2.45, 2.75) is 70.6 Å². The minimum absolute atomic E-state index is 0.0531. The monoisotopic (exact) mass is 383 g/mol. The smallest absolute Gasteiger partial charge is 0.252 e. The Morgan fingerprint density at radius 2 is 1.93 bits per heavy atom. The molecule has 28 heavy (non-hydrogen) atoms. The summed E-state index contributed by atoms with van der Waals surface area (Å²) in [6.45, 7) is 1.58. The van der Waals surface area contributed by atoms with E-state index >= 15 is 0 Å². The first-order valence-corrected chi connectivity index (χ1v) is 10.5. The summed E-state index contributed by atoms with van der Waals surface area (Å²) in [6.07, 6.45) is 8.78. The van der Waals surface area contributed by atoms with Crippen LogP contribution in [0.15, 0.2) is 34.9 Å². The standard InChI is InChI=1S/C22H29N3O3/c26-21(13-12-17-7-4-5-8-17)25-14-6-11-19(25)22-23-20(28-24-22)16-27-15-18-9-2-1-3-10-18/h1-3,9-10,17,19H,4-8,11-16H2. The molecule has 0 spiro atoms. The molecular weight excluding hydrogens is 354 g/mol. The second-order valence-electron chi connectivity index (χ2n) is 7.96. The highest BCUT2D eigenvalue weighted by molar-refractivity contribution is 5.76. The molecule has 1 aromatic carbocycles. The molecule has 6 heteroatoms. The van der Waals surface area contributed by atoms with Gasteiger partial charge in [-0.05, 0) is 30.7 Å². The van der Waals surface area contributed by atoms with E-state index in [0.717, 1.165) is 37.3 Å². The van der Waals surface area contributed by atoms with E-state index in [-0.39, 0.29) is 18.6 Å². The zero-order valence-corrected chi connectivity index (χ0v) is 16.4. The number of aromatic nitrogens is 2. The number of hydrogen-bond donors (Lipinski definition) is 0. The van der Waals surface area contributed by atoms with Crippen LogP contribution >= 0.6 is 0 Å². The third-order valence-electron chi connectivity index (χ3n) is 5.93. The lowest BCUT2D eigenvalue weighted by Gasteiger charge is -2.23. The van der Waals surface area contributed by atoms with Crippen molar-refractivity contribution in [2.75, 3.05) is 6.54 Å². The molecule has 0 bridgehead atoms. The van der Waals surface area contributed by atoms with Crippen molar-refractivity contribution in [2.24, 2.45) is 5.92 Å². The van der Waals surface area contributed by atoms with Gasteiger partial charge in [0, 0.05) is 13.0 Å². The molecule has 2 aromatic rings. The topological polar surface area (TPSA) is 68.5 Å². The molecule has 1 aliphatic carbocycles.